The number of amides is 2. The quantitative estimate of drug-likeness (QED) is 0.208. The normalized spacial score (nSPS) is 15.8. The number of nitrogens with zero attached hydrogens (tertiary/aromatic N) is 4. The van der Waals surface area contributed by atoms with Gasteiger partial charge in [-0.05, 0) is 86.6 Å². The van der Waals surface area contributed by atoms with Crippen LogP contribution in [0.15, 0.2) is 69.6 Å². The maximum absolute atomic E-state index is 14.1. The van der Waals surface area contributed by atoms with E-state index >= 15 is 0 Å². The average molecular weight is 648 g/mol. The second-order valence-electron chi connectivity index (χ2n) is 10.8. The van der Waals surface area contributed by atoms with E-state index in [0.29, 0.717) is 35.0 Å². The molecule has 2 atom stereocenters. The number of rotatable bonds is 6. The number of aromatic nitrogens is 4. The Balaban J connectivity index is 1.32. The summed E-state index contributed by atoms with van der Waals surface area (Å²) in [5, 5.41) is 18.7. The molecule has 11 heteroatoms. The van der Waals surface area contributed by atoms with E-state index in [-0.39, 0.29) is 17.7 Å². The standard InChI is InChI=1S/C31H28BrClN6O3/c1-16(2)26(31(41)39(3)24-12-8-17-14-19(33)10-11-23(17)34-30(24)40)18-9-13-25-22(15-18)27(32)28(42-25)20-6-4-5-7-21(20)29-35-37-38-36-29/h4-7,9-11,13-16,24,26H,8,12H2,1-3H3,(H,34,40)(H,35,36,37,38). The van der Waals surface area contributed by atoms with Gasteiger partial charge in [0.1, 0.15) is 17.4 Å². The van der Waals surface area contributed by atoms with Gasteiger partial charge < -0.3 is 14.6 Å². The van der Waals surface area contributed by atoms with E-state index in [0.717, 1.165) is 37.8 Å². The van der Waals surface area contributed by atoms with Gasteiger partial charge in [0, 0.05) is 34.3 Å². The number of hydrogen-bond acceptors (Lipinski definition) is 6. The molecule has 6 rings (SSSR count). The first kappa shape index (κ1) is 28.1. The number of H-pyrrole nitrogens is 1. The van der Waals surface area contributed by atoms with Crippen LogP contribution in [0.1, 0.15) is 37.3 Å². The summed E-state index contributed by atoms with van der Waals surface area (Å²) in [5.41, 5.74) is 4.84. The highest BCUT2D eigenvalue weighted by Gasteiger charge is 2.35. The molecule has 0 bridgehead atoms. The molecule has 3 aromatic carbocycles. The van der Waals surface area contributed by atoms with E-state index < -0.39 is 12.0 Å². The van der Waals surface area contributed by atoms with E-state index in [1.54, 1.807) is 18.0 Å². The fraction of sp³-hybridized carbons (Fsp3) is 0.258. The summed E-state index contributed by atoms with van der Waals surface area (Å²) in [6.07, 6.45) is 1.13. The number of likely N-dealkylation sites (N-methyl/N-ethyl adjacent to an activating group) is 1. The SMILES string of the molecule is CC(C)C(C(=O)N(C)C1CCc2cc(Cl)ccc2NC1=O)c1ccc2oc(-c3ccccc3-c3nnn[nH]3)c(Br)c2c1. The van der Waals surface area contributed by atoms with E-state index in [4.69, 9.17) is 16.0 Å². The van der Waals surface area contributed by atoms with Gasteiger partial charge in [0.15, 0.2) is 5.82 Å². The second kappa shape index (κ2) is 11.3. The topological polar surface area (TPSA) is 117 Å². The predicted molar refractivity (Wildman–Crippen MR) is 165 cm³/mol. The molecule has 0 saturated heterocycles. The Morgan fingerprint density at radius 2 is 1.90 bits per heavy atom. The summed E-state index contributed by atoms with van der Waals surface area (Å²) >= 11 is 9.94. The van der Waals surface area contributed by atoms with Crippen molar-refractivity contribution in [2.24, 2.45) is 5.92 Å². The minimum Gasteiger partial charge on any atom is -0.455 e. The summed E-state index contributed by atoms with van der Waals surface area (Å²) in [6, 6.07) is 18.3. The fourth-order valence-corrected chi connectivity index (χ4v) is 6.50. The van der Waals surface area contributed by atoms with Crippen LogP contribution in [0.25, 0.3) is 33.7 Å². The van der Waals surface area contributed by atoms with Crippen molar-refractivity contribution in [3.63, 3.8) is 0 Å². The number of tetrazole rings is 1. The molecular formula is C31H28BrClN6O3. The summed E-state index contributed by atoms with van der Waals surface area (Å²) in [7, 11) is 1.71. The van der Waals surface area contributed by atoms with Gasteiger partial charge in [0.2, 0.25) is 11.8 Å². The number of anilines is 1. The molecular weight excluding hydrogens is 620 g/mol. The van der Waals surface area contributed by atoms with Crippen molar-refractivity contribution in [3.8, 4) is 22.7 Å². The summed E-state index contributed by atoms with van der Waals surface area (Å²) in [5.74, 6) is 0.357. The number of fused-ring (bicyclic) bond motifs is 2. The average Bonchev–Trinajstić information content (AvgIpc) is 3.59. The van der Waals surface area contributed by atoms with Gasteiger partial charge in [-0.25, -0.2) is 5.10 Å². The van der Waals surface area contributed by atoms with Crippen molar-refractivity contribution in [3.05, 3.63) is 81.3 Å². The van der Waals surface area contributed by atoms with Crippen molar-refractivity contribution in [1.29, 1.82) is 0 Å². The summed E-state index contributed by atoms with van der Waals surface area (Å²) < 4.78 is 7.07. The van der Waals surface area contributed by atoms with Crippen molar-refractivity contribution >= 4 is 56.0 Å². The van der Waals surface area contributed by atoms with Crippen LogP contribution in [0.5, 0.6) is 0 Å². The van der Waals surface area contributed by atoms with Crippen LogP contribution < -0.4 is 5.32 Å². The zero-order valence-electron chi connectivity index (χ0n) is 23.2. The zero-order chi connectivity index (χ0) is 29.5. The molecule has 9 nitrogen and oxygen atoms in total. The van der Waals surface area contributed by atoms with Gasteiger partial charge in [-0.1, -0.05) is 55.8 Å². The van der Waals surface area contributed by atoms with Gasteiger partial charge in [0.25, 0.3) is 0 Å². The first-order chi connectivity index (χ1) is 20.2. The third kappa shape index (κ3) is 5.09. The third-order valence-electron chi connectivity index (χ3n) is 7.85. The highest BCUT2D eigenvalue weighted by atomic mass is 79.9. The minimum absolute atomic E-state index is 0.0212. The number of hydrogen-bond donors (Lipinski definition) is 2. The number of carbonyl (C=O) groups is 2. The second-order valence-corrected chi connectivity index (χ2v) is 12.0. The predicted octanol–water partition coefficient (Wildman–Crippen LogP) is 6.85. The van der Waals surface area contributed by atoms with E-state index in [1.807, 2.05) is 68.4 Å². The molecule has 2 aromatic heterocycles. The molecule has 2 N–H and O–H groups in total. The molecule has 214 valence electrons. The summed E-state index contributed by atoms with van der Waals surface area (Å²) in [6.45, 7) is 4.03. The lowest BCUT2D eigenvalue weighted by atomic mass is 9.86. The first-order valence-corrected chi connectivity index (χ1v) is 14.8. The molecule has 2 unspecified atom stereocenters. The Morgan fingerprint density at radius 3 is 2.64 bits per heavy atom. The molecule has 0 spiro atoms. The number of halogens is 2. The Labute approximate surface area is 255 Å². The third-order valence-corrected chi connectivity index (χ3v) is 8.87. The van der Waals surface area contributed by atoms with Crippen LogP contribution >= 0.6 is 27.5 Å². The molecule has 42 heavy (non-hydrogen) atoms. The maximum atomic E-state index is 14.1. The van der Waals surface area contributed by atoms with Gasteiger partial charge in [-0.3, -0.25) is 9.59 Å². The van der Waals surface area contributed by atoms with Crippen molar-refractivity contribution in [2.45, 2.75) is 38.6 Å². The van der Waals surface area contributed by atoms with Crippen LogP contribution in [-0.2, 0) is 16.0 Å². The maximum Gasteiger partial charge on any atom is 0.247 e. The smallest absolute Gasteiger partial charge is 0.247 e. The van der Waals surface area contributed by atoms with Gasteiger partial charge in [0.05, 0.1) is 10.4 Å². The van der Waals surface area contributed by atoms with Crippen LogP contribution in [0, 0.1) is 5.92 Å². The first-order valence-electron chi connectivity index (χ1n) is 13.6. The Morgan fingerprint density at radius 1 is 1.12 bits per heavy atom. The molecule has 5 aromatic rings. The molecule has 2 amide bonds. The number of furan rings is 1. The lowest BCUT2D eigenvalue weighted by molar-refractivity contribution is -0.139. The molecule has 0 fully saturated rings. The van der Waals surface area contributed by atoms with E-state index in [2.05, 4.69) is 41.9 Å². The van der Waals surface area contributed by atoms with E-state index in [1.165, 1.54) is 0 Å². The Hall–Kier alpha value is -4.02. The Kier molecular flexibility index (Phi) is 7.59. The van der Waals surface area contributed by atoms with Crippen molar-refractivity contribution in [2.75, 3.05) is 12.4 Å². The Bertz CT molecular complexity index is 1800. The molecule has 0 saturated carbocycles. The highest BCUT2D eigenvalue weighted by Crippen LogP contribution is 2.42. The summed E-state index contributed by atoms with van der Waals surface area (Å²) in [4.78, 5) is 28.9. The number of aryl methyl sites for hydroxylation is 1. The lowest BCUT2D eigenvalue weighted by Crippen LogP contribution is -2.47. The minimum atomic E-state index is -0.608. The monoisotopic (exact) mass is 646 g/mol. The molecule has 0 aliphatic carbocycles. The number of benzene rings is 3. The van der Waals surface area contributed by atoms with E-state index in [9.17, 15) is 9.59 Å². The highest BCUT2D eigenvalue weighted by molar-refractivity contribution is 9.10. The number of aromatic amines is 1. The van der Waals surface area contributed by atoms with Crippen LogP contribution in [-0.4, -0.2) is 50.4 Å². The van der Waals surface area contributed by atoms with Crippen LogP contribution in [0.3, 0.4) is 0 Å². The number of nitrogens with one attached hydrogen (secondary N) is 2. The lowest BCUT2D eigenvalue weighted by Gasteiger charge is -2.31. The van der Waals surface area contributed by atoms with Crippen molar-refractivity contribution in [1.82, 2.24) is 25.5 Å². The van der Waals surface area contributed by atoms with Crippen LogP contribution in [0.2, 0.25) is 5.02 Å². The van der Waals surface area contributed by atoms with Crippen molar-refractivity contribution < 1.29 is 14.0 Å². The molecule has 3 heterocycles. The van der Waals surface area contributed by atoms with Gasteiger partial charge >= 0.3 is 0 Å². The number of carbonyl (C=O) groups excluding carboxylic acids is 2. The van der Waals surface area contributed by atoms with Gasteiger partial charge in [-0.2, -0.15) is 0 Å². The van der Waals surface area contributed by atoms with Gasteiger partial charge in [-0.15, -0.1) is 5.10 Å². The molecule has 1 aliphatic rings. The molecule has 1 aliphatic heterocycles. The van der Waals surface area contributed by atoms with Crippen LogP contribution in [0.4, 0.5) is 5.69 Å². The zero-order valence-corrected chi connectivity index (χ0v) is 25.5. The molecule has 0 radical (unpaired) electrons. The largest absolute Gasteiger partial charge is 0.455 e. The fourth-order valence-electron chi connectivity index (χ4n) is 5.70.